The van der Waals surface area contributed by atoms with Gasteiger partial charge in [-0.1, -0.05) is 12.5 Å². The molecular weight excluding hydrogens is 454 g/mol. The highest BCUT2D eigenvalue weighted by Crippen LogP contribution is 2.33. The summed E-state index contributed by atoms with van der Waals surface area (Å²) in [5.41, 5.74) is 7.60. The largest absolute Gasteiger partial charge is 0.472 e. The van der Waals surface area contributed by atoms with E-state index in [0.717, 1.165) is 63.5 Å². The summed E-state index contributed by atoms with van der Waals surface area (Å²) in [6.07, 6.45) is 13.4. The number of furan rings is 1. The van der Waals surface area contributed by atoms with Crippen LogP contribution in [0.5, 0.6) is 0 Å². The van der Waals surface area contributed by atoms with Crippen LogP contribution in [-0.4, -0.2) is 36.0 Å². The number of carbonyl (C=O) groups is 1. The lowest BCUT2D eigenvalue weighted by Gasteiger charge is -2.24. The molecule has 1 fully saturated rings. The molecular formula is C27H21N7O2. The van der Waals surface area contributed by atoms with Crippen LogP contribution in [0.1, 0.15) is 19.3 Å². The fourth-order valence-corrected chi connectivity index (χ4v) is 4.63. The number of aromatic nitrogens is 6. The van der Waals surface area contributed by atoms with E-state index in [-0.39, 0.29) is 11.8 Å². The molecule has 5 heterocycles. The Balaban J connectivity index is 1.26. The van der Waals surface area contributed by atoms with Crippen LogP contribution in [-0.2, 0) is 4.79 Å². The fraction of sp³-hybridized carbons (Fsp3) is 0.148. The average molecular weight is 476 g/mol. The number of hydrogen-bond donors (Lipinski definition) is 3. The van der Waals surface area contributed by atoms with Gasteiger partial charge in [-0.2, -0.15) is 5.10 Å². The lowest BCUT2D eigenvalue weighted by molar-refractivity contribution is -0.122. The normalized spacial score (nSPS) is 13.8. The second kappa shape index (κ2) is 8.16. The van der Waals surface area contributed by atoms with Crippen molar-refractivity contribution < 1.29 is 9.21 Å². The first-order valence-corrected chi connectivity index (χ1v) is 11.8. The van der Waals surface area contributed by atoms with Crippen molar-refractivity contribution in [2.45, 2.75) is 19.3 Å². The predicted octanol–water partition coefficient (Wildman–Crippen LogP) is 5.56. The van der Waals surface area contributed by atoms with Crippen molar-refractivity contribution in [3.63, 3.8) is 0 Å². The number of pyridine rings is 2. The molecule has 1 amide bonds. The smallest absolute Gasteiger partial charge is 0.227 e. The zero-order valence-electron chi connectivity index (χ0n) is 19.2. The molecule has 1 aliphatic rings. The topological polar surface area (TPSA) is 125 Å². The Bertz CT molecular complexity index is 1730. The summed E-state index contributed by atoms with van der Waals surface area (Å²) >= 11 is 0. The third kappa shape index (κ3) is 3.44. The molecule has 1 saturated carbocycles. The number of rotatable bonds is 5. The van der Waals surface area contributed by atoms with E-state index < -0.39 is 0 Å². The van der Waals surface area contributed by atoms with Gasteiger partial charge in [-0.15, -0.1) is 0 Å². The van der Waals surface area contributed by atoms with Gasteiger partial charge in [-0.05, 0) is 42.7 Å². The molecule has 0 aliphatic heterocycles. The van der Waals surface area contributed by atoms with E-state index >= 15 is 0 Å². The van der Waals surface area contributed by atoms with Crippen molar-refractivity contribution in [1.29, 1.82) is 0 Å². The number of imidazole rings is 1. The van der Waals surface area contributed by atoms with Crippen molar-refractivity contribution in [2.75, 3.05) is 5.32 Å². The second-order valence-electron chi connectivity index (χ2n) is 9.09. The molecule has 6 aromatic rings. The highest BCUT2D eigenvalue weighted by Gasteiger charge is 2.25. The molecule has 9 nitrogen and oxygen atoms in total. The van der Waals surface area contributed by atoms with Crippen molar-refractivity contribution in [1.82, 2.24) is 30.1 Å². The molecule has 0 unspecified atom stereocenters. The molecule has 5 aromatic heterocycles. The third-order valence-corrected chi connectivity index (χ3v) is 6.83. The van der Waals surface area contributed by atoms with Crippen LogP contribution >= 0.6 is 0 Å². The molecule has 0 spiro atoms. The van der Waals surface area contributed by atoms with Crippen LogP contribution in [0.4, 0.5) is 5.69 Å². The van der Waals surface area contributed by atoms with Crippen LogP contribution in [0.25, 0.3) is 55.7 Å². The SMILES string of the molecule is O=C(Nc1cncc(-c2ccc3[nH]nc(-c4nc5c(-c6ccoc6)cncc5[nH]4)c3c2)c1)C1CCC1. The lowest BCUT2D eigenvalue weighted by Crippen LogP contribution is -2.28. The number of hydrogen-bond acceptors (Lipinski definition) is 6. The van der Waals surface area contributed by atoms with Gasteiger partial charge in [0.1, 0.15) is 11.2 Å². The molecule has 0 saturated heterocycles. The summed E-state index contributed by atoms with van der Waals surface area (Å²) in [5.74, 6) is 0.833. The van der Waals surface area contributed by atoms with Gasteiger partial charge in [0.2, 0.25) is 5.91 Å². The fourth-order valence-electron chi connectivity index (χ4n) is 4.63. The Labute approximate surface area is 205 Å². The maximum Gasteiger partial charge on any atom is 0.227 e. The summed E-state index contributed by atoms with van der Waals surface area (Å²) in [7, 11) is 0. The number of anilines is 1. The van der Waals surface area contributed by atoms with Gasteiger partial charge >= 0.3 is 0 Å². The van der Waals surface area contributed by atoms with E-state index in [1.807, 2.05) is 24.3 Å². The van der Waals surface area contributed by atoms with Crippen LogP contribution < -0.4 is 5.32 Å². The minimum absolute atomic E-state index is 0.0712. The molecule has 0 radical (unpaired) electrons. The van der Waals surface area contributed by atoms with E-state index in [0.29, 0.717) is 17.2 Å². The van der Waals surface area contributed by atoms with E-state index in [2.05, 4.69) is 36.5 Å². The molecule has 0 bridgehead atoms. The third-order valence-electron chi connectivity index (χ3n) is 6.83. The van der Waals surface area contributed by atoms with E-state index in [1.54, 1.807) is 37.3 Å². The van der Waals surface area contributed by atoms with Gasteiger partial charge in [0, 0.05) is 40.4 Å². The van der Waals surface area contributed by atoms with Crippen molar-refractivity contribution in [3.8, 4) is 33.8 Å². The summed E-state index contributed by atoms with van der Waals surface area (Å²) in [5, 5.41) is 11.6. The molecule has 36 heavy (non-hydrogen) atoms. The summed E-state index contributed by atoms with van der Waals surface area (Å²) in [6, 6.07) is 9.90. The first-order chi connectivity index (χ1) is 17.7. The molecule has 1 aromatic carbocycles. The number of nitrogens with one attached hydrogen (secondary N) is 3. The van der Waals surface area contributed by atoms with E-state index in [4.69, 9.17) is 9.40 Å². The Kier molecular flexibility index (Phi) is 4.66. The Morgan fingerprint density at radius 2 is 1.89 bits per heavy atom. The van der Waals surface area contributed by atoms with Gasteiger partial charge in [0.25, 0.3) is 0 Å². The van der Waals surface area contributed by atoms with Crippen LogP contribution in [0.15, 0.2) is 72.1 Å². The van der Waals surface area contributed by atoms with Crippen molar-refractivity contribution in [2.24, 2.45) is 5.92 Å². The highest BCUT2D eigenvalue weighted by atomic mass is 16.3. The Hall–Kier alpha value is -4.79. The molecule has 0 atom stereocenters. The molecule has 7 rings (SSSR count). The van der Waals surface area contributed by atoms with Gasteiger partial charge in [0.05, 0.1) is 41.6 Å². The number of aromatic amines is 2. The van der Waals surface area contributed by atoms with Crippen molar-refractivity contribution >= 4 is 33.5 Å². The highest BCUT2D eigenvalue weighted by molar-refractivity contribution is 5.98. The minimum atomic E-state index is 0.0712. The maximum absolute atomic E-state index is 12.4. The monoisotopic (exact) mass is 475 g/mol. The van der Waals surface area contributed by atoms with Gasteiger partial charge in [-0.3, -0.25) is 19.9 Å². The van der Waals surface area contributed by atoms with E-state index in [9.17, 15) is 4.79 Å². The Morgan fingerprint density at radius 3 is 2.72 bits per heavy atom. The number of H-pyrrole nitrogens is 2. The van der Waals surface area contributed by atoms with E-state index in [1.165, 1.54) is 0 Å². The number of benzene rings is 1. The molecule has 176 valence electrons. The zero-order chi connectivity index (χ0) is 24.1. The predicted molar refractivity (Wildman–Crippen MR) is 136 cm³/mol. The lowest BCUT2D eigenvalue weighted by atomic mass is 9.85. The second-order valence-corrected chi connectivity index (χ2v) is 9.09. The minimum Gasteiger partial charge on any atom is -0.472 e. The quantitative estimate of drug-likeness (QED) is 0.300. The molecule has 3 N–H and O–H groups in total. The van der Waals surface area contributed by atoms with Crippen LogP contribution in [0.2, 0.25) is 0 Å². The maximum atomic E-state index is 12.4. The zero-order valence-corrected chi connectivity index (χ0v) is 19.2. The number of amides is 1. The molecule has 9 heteroatoms. The van der Waals surface area contributed by atoms with Crippen LogP contribution in [0.3, 0.4) is 0 Å². The standard InChI is InChI=1S/C27H21N7O2/c35-27(15-2-1-3-15)30-19-8-18(10-28-11-19)16-4-5-22-20(9-16)25(34-33-22)26-31-23-13-29-12-21(24(23)32-26)17-6-7-36-14-17/h4-15H,1-3H2,(H,30,35)(H,31,32)(H,33,34). The number of carbonyl (C=O) groups excluding carboxylic acids is 1. The molecule has 1 aliphatic carbocycles. The van der Waals surface area contributed by atoms with Crippen molar-refractivity contribution in [3.05, 3.63) is 67.6 Å². The summed E-state index contributed by atoms with van der Waals surface area (Å²) < 4.78 is 5.25. The van der Waals surface area contributed by atoms with Crippen LogP contribution in [0, 0.1) is 5.92 Å². The number of fused-ring (bicyclic) bond motifs is 2. The average Bonchev–Trinajstić information content (AvgIpc) is 3.61. The van der Waals surface area contributed by atoms with Gasteiger partial charge < -0.3 is 14.7 Å². The number of nitrogens with zero attached hydrogens (tertiary/aromatic N) is 4. The van der Waals surface area contributed by atoms with Gasteiger partial charge in [0.15, 0.2) is 5.82 Å². The van der Waals surface area contributed by atoms with Gasteiger partial charge in [-0.25, -0.2) is 4.98 Å². The summed E-state index contributed by atoms with van der Waals surface area (Å²) in [4.78, 5) is 29.3. The summed E-state index contributed by atoms with van der Waals surface area (Å²) in [6.45, 7) is 0. The first-order valence-electron chi connectivity index (χ1n) is 11.8. The first kappa shape index (κ1) is 20.6. The Morgan fingerprint density at radius 1 is 0.972 bits per heavy atom.